The first-order chi connectivity index (χ1) is 13.9. The highest BCUT2D eigenvalue weighted by atomic mass is 127. The van der Waals surface area contributed by atoms with Crippen LogP contribution in [0.4, 0.5) is 13.2 Å². The molecular weight excluding hydrogens is 546 g/mol. The third-order valence-electron chi connectivity index (χ3n) is 4.68. The number of likely N-dealkylation sites (tertiary alicyclic amines) is 1. The maximum absolute atomic E-state index is 12.7. The maximum Gasteiger partial charge on any atom is 0.434 e. The Hall–Kier alpha value is -0.920. The minimum Gasteiger partial charge on any atom is -0.357 e. The summed E-state index contributed by atoms with van der Waals surface area (Å²) in [6.07, 6.45) is -2.07. The molecule has 2 N–H and O–H groups in total. The Kier molecular flexibility index (Phi) is 10.3. The number of rotatable bonds is 7. The van der Waals surface area contributed by atoms with E-state index >= 15 is 0 Å². The smallest absolute Gasteiger partial charge is 0.357 e. The standard InChI is InChI=1S/C19H26F3N5S2.HI/c1-2-23-18(25-10-17-26-16(13-29-17)19(20,21)22)24-9-14-5-3-7-27(11-14)12-15-6-4-8-28-15;/h4,6,8,13-14H,2-3,5,7,9-12H2,1H3,(H2,23,24,25);1H. The van der Waals surface area contributed by atoms with Crippen LogP contribution in [0.15, 0.2) is 27.9 Å². The van der Waals surface area contributed by atoms with Crippen LogP contribution in [0.2, 0.25) is 0 Å². The average Bonchev–Trinajstić information content (AvgIpc) is 3.36. The van der Waals surface area contributed by atoms with Gasteiger partial charge in [-0.25, -0.2) is 9.98 Å². The van der Waals surface area contributed by atoms with Crippen molar-refractivity contribution in [1.82, 2.24) is 20.5 Å². The van der Waals surface area contributed by atoms with Gasteiger partial charge < -0.3 is 10.6 Å². The molecule has 1 aliphatic rings. The Morgan fingerprint density at radius 1 is 1.33 bits per heavy atom. The van der Waals surface area contributed by atoms with E-state index in [2.05, 4.69) is 43.0 Å². The third-order valence-corrected chi connectivity index (χ3v) is 6.37. The molecule has 1 unspecified atom stereocenters. The first-order valence-electron chi connectivity index (χ1n) is 9.72. The average molecular weight is 573 g/mol. The number of guanidine groups is 1. The molecule has 30 heavy (non-hydrogen) atoms. The monoisotopic (exact) mass is 573 g/mol. The molecule has 3 heterocycles. The lowest BCUT2D eigenvalue weighted by Gasteiger charge is -2.32. The van der Waals surface area contributed by atoms with Crippen LogP contribution in [0.5, 0.6) is 0 Å². The molecule has 0 saturated carbocycles. The van der Waals surface area contributed by atoms with Crippen LogP contribution >= 0.6 is 46.7 Å². The van der Waals surface area contributed by atoms with Gasteiger partial charge in [-0.2, -0.15) is 13.2 Å². The molecule has 1 atom stereocenters. The van der Waals surface area contributed by atoms with Crippen molar-refractivity contribution in [2.45, 2.75) is 39.0 Å². The molecule has 0 radical (unpaired) electrons. The number of aromatic nitrogens is 1. The summed E-state index contributed by atoms with van der Waals surface area (Å²) >= 11 is 2.77. The molecule has 0 aliphatic carbocycles. The van der Waals surface area contributed by atoms with Crippen LogP contribution in [-0.4, -0.2) is 42.0 Å². The van der Waals surface area contributed by atoms with Crippen LogP contribution < -0.4 is 10.6 Å². The molecule has 3 rings (SSSR count). The molecule has 5 nitrogen and oxygen atoms in total. The zero-order valence-corrected chi connectivity index (χ0v) is 20.7. The van der Waals surface area contributed by atoms with Crippen LogP contribution in [0.3, 0.4) is 0 Å². The predicted molar refractivity (Wildman–Crippen MR) is 128 cm³/mol. The molecule has 1 saturated heterocycles. The summed E-state index contributed by atoms with van der Waals surface area (Å²) in [4.78, 5) is 11.9. The fourth-order valence-electron chi connectivity index (χ4n) is 3.33. The summed E-state index contributed by atoms with van der Waals surface area (Å²) in [6, 6.07) is 4.26. The molecule has 2 aromatic rings. The zero-order chi connectivity index (χ0) is 20.7. The van der Waals surface area contributed by atoms with Gasteiger partial charge in [-0.05, 0) is 43.7 Å². The lowest BCUT2D eigenvalue weighted by molar-refractivity contribution is -0.140. The van der Waals surface area contributed by atoms with Crippen molar-refractivity contribution in [1.29, 1.82) is 0 Å². The van der Waals surface area contributed by atoms with Gasteiger partial charge >= 0.3 is 6.18 Å². The van der Waals surface area contributed by atoms with E-state index < -0.39 is 11.9 Å². The number of hydrogen-bond acceptors (Lipinski definition) is 5. The van der Waals surface area contributed by atoms with Gasteiger partial charge in [-0.1, -0.05) is 6.07 Å². The van der Waals surface area contributed by atoms with Gasteiger partial charge in [-0.15, -0.1) is 46.7 Å². The number of halogens is 4. The summed E-state index contributed by atoms with van der Waals surface area (Å²) in [5.41, 5.74) is -0.848. The molecule has 0 amide bonds. The number of hydrogen-bond donors (Lipinski definition) is 2. The summed E-state index contributed by atoms with van der Waals surface area (Å²) in [5.74, 6) is 1.14. The molecule has 0 bridgehead atoms. The van der Waals surface area contributed by atoms with E-state index in [1.165, 1.54) is 11.3 Å². The van der Waals surface area contributed by atoms with E-state index in [0.29, 0.717) is 23.4 Å². The number of nitrogens with zero attached hydrogens (tertiary/aromatic N) is 3. The molecule has 0 aromatic carbocycles. The van der Waals surface area contributed by atoms with E-state index in [4.69, 9.17) is 0 Å². The Morgan fingerprint density at radius 3 is 2.83 bits per heavy atom. The molecule has 168 valence electrons. The van der Waals surface area contributed by atoms with Crippen molar-refractivity contribution in [3.05, 3.63) is 38.5 Å². The van der Waals surface area contributed by atoms with E-state index in [9.17, 15) is 13.2 Å². The Labute approximate surface area is 200 Å². The first-order valence-corrected chi connectivity index (χ1v) is 11.5. The number of nitrogens with one attached hydrogen (secondary N) is 2. The number of thiazole rings is 1. The zero-order valence-electron chi connectivity index (χ0n) is 16.7. The molecule has 2 aromatic heterocycles. The summed E-state index contributed by atoms with van der Waals surface area (Å²) in [5, 5.41) is 10.0. The summed E-state index contributed by atoms with van der Waals surface area (Å²) in [6.45, 7) is 6.72. The van der Waals surface area contributed by atoms with Crippen molar-refractivity contribution in [2.75, 3.05) is 26.2 Å². The normalized spacial score (nSPS) is 18.1. The number of aliphatic imine (C=N–C) groups is 1. The van der Waals surface area contributed by atoms with Crippen molar-refractivity contribution in [3.63, 3.8) is 0 Å². The molecule has 1 fully saturated rings. The highest BCUT2D eigenvalue weighted by molar-refractivity contribution is 14.0. The van der Waals surface area contributed by atoms with Crippen molar-refractivity contribution in [2.24, 2.45) is 10.9 Å². The van der Waals surface area contributed by atoms with Crippen molar-refractivity contribution < 1.29 is 13.2 Å². The predicted octanol–water partition coefficient (Wildman–Crippen LogP) is 4.81. The van der Waals surface area contributed by atoms with Crippen LogP contribution in [0.25, 0.3) is 0 Å². The Bertz CT molecular complexity index is 779. The molecular formula is C19H27F3IN5S2. The van der Waals surface area contributed by atoms with Crippen molar-refractivity contribution in [3.8, 4) is 0 Å². The number of thiophene rings is 1. The third kappa shape index (κ3) is 7.97. The van der Waals surface area contributed by atoms with E-state index in [-0.39, 0.29) is 30.5 Å². The second kappa shape index (κ2) is 12.2. The second-order valence-electron chi connectivity index (χ2n) is 7.02. The van der Waals surface area contributed by atoms with Crippen molar-refractivity contribution >= 4 is 52.6 Å². The second-order valence-corrected chi connectivity index (χ2v) is 9.00. The van der Waals surface area contributed by atoms with Gasteiger partial charge in [0.1, 0.15) is 5.01 Å². The number of alkyl halides is 3. The summed E-state index contributed by atoms with van der Waals surface area (Å²) < 4.78 is 38.0. The van der Waals surface area contributed by atoms with E-state index in [1.807, 2.05) is 6.92 Å². The van der Waals surface area contributed by atoms with Gasteiger partial charge in [0.15, 0.2) is 11.7 Å². The fraction of sp³-hybridized carbons (Fsp3) is 0.579. The highest BCUT2D eigenvalue weighted by Gasteiger charge is 2.33. The maximum atomic E-state index is 12.7. The topological polar surface area (TPSA) is 52.6 Å². The van der Waals surface area contributed by atoms with Gasteiger partial charge in [0, 0.05) is 36.4 Å². The van der Waals surface area contributed by atoms with Gasteiger partial charge in [0.2, 0.25) is 0 Å². The Morgan fingerprint density at radius 2 is 2.17 bits per heavy atom. The first kappa shape index (κ1) is 25.3. The minimum absolute atomic E-state index is 0. The van der Waals surface area contributed by atoms with Gasteiger partial charge in [0.25, 0.3) is 0 Å². The Balaban J connectivity index is 0.00000320. The highest BCUT2D eigenvalue weighted by Crippen LogP contribution is 2.30. The van der Waals surface area contributed by atoms with Crippen LogP contribution in [0, 0.1) is 5.92 Å². The molecule has 0 spiro atoms. The number of piperidine rings is 1. The van der Waals surface area contributed by atoms with E-state index in [0.717, 1.165) is 49.3 Å². The summed E-state index contributed by atoms with van der Waals surface area (Å²) in [7, 11) is 0. The van der Waals surface area contributed by atoms with E-state index in [1.54, 1.807) is 11.3 Å². The minimum atomic E-state index is -4.41. The SMILES string of the molecule is CCNC(=NCc1nc(C(F)(F)F)cs1)NCC1CCCN(Cc2cccs2)C1.I. The fourth-order valence-corrected chi connectivity index (χ4v) is 4.80. The lowest BCUT2D eigenvalue weighted by Crippen LogP contribution is -2.44. The lowest BCUT2D eigenvalue weighted by atomic mass is 9.98. The molecule has 11 heteroatoms. The van der Waals surface area contributed by atoms with Gasteiger partial charge in [0.05, 0.1) is 6.54 Å². The quantitative estimate of drug-likeness (QED) is 0.284. The van der Waals surface area contributed by atoms with Crippen LogP contribution in [-0.2, 0) is 19.3 Å². The largest absolute Gasteiger partial charge is 0.434 e. The van der Waals surface area contributed by atoms with Crippen LogP contribution in [0.1, 0.15) is 35.3 Å². The molecule has 1 aliphatic heterocycles. The van der Waals surface area contributed by atoms with Gasteiger partial charge in [-0.3, -0.25) is 4.90 Å².